The summed E-state index contributed by atoms with van der Waals surface area (Å²) in [6.07, 6.45) is 4.03. The van der Waals surface area contributed by atoms with Gasteiger partial charge in [-0.2, -0.15) is 0 Å². The zero-order chi connectivity index (χ0) is 12.2. The van der Waals surface area contributed by atoms with Crippen molar-refractivity contribution in [3.8, 4) is 0 Å². The average Bonchev–Trinajstić information content (AvgIpc) is 2.15. The summed E-state index contributed by atoms with van der Waals surface area (Å²) in [5.74, 6) is 0.550. The molecule has 0 aromatic rings. The lowest BCUT2D eigenvalue weighted by Gasteiger charge is -2.30. The molecule has 0 aromatic heterocycles. The fraction of sp³-hybridized carbons (Fsp3) is 0.917. The van der Waals surface area contributed by atoms with Crippen molar-refractivity contribution in [2.75, 3.05) is 6.54 Å². The van der Waals surface area contributed by atoms with Gasteiger partial charge in [0.1, 0.15) is 5.60 Å². The van der Waals surface area contributed by atoms with Gasteiger partial charge in [-0.05, 0) is 52.5 Å². The normalized spacial score (nSPS) is 24.7. The molecular weight excluding hydrogens is 240 g/mol. The van der Waals surface area contributed by atoms with Crippen molar-refractivity contribution >= 4 is 18.5 Å². The van der Waals surface area contributed by atoms with Crippen molar-refractivity contribution in [1.82, 2.24) is 5.32 Å². The second-order valence-corrected chi connectivity index (χ2v) is 5.61. The van der Waals surface area contributed by atoms with E-state index in [0.717, 1.165) is 19.3 Å². The molecule has 0 saturated heterocycles. The van der Waals surface area contributed by atoms with E-state index in [1.54, 1.807) is 0 Å². The molecule has 3 N–H and O–H groups in total. The smallest absolute Gasteiger partial charge is 0.407 e. The summed E-state index contributed by atoms with van der Waals surface area (Å²) in [5.41, 5.74) is 5.23. The summed E-state index contributed by atoms with van der Waals surface area (Å²) in [6.45, 7) is 6.33. The average molecular weight is 265 g/mol. The monoisotopic (exact) mass is 264 g/mol. The van der Waals surface area contributed by atoms with E-state index in [2.05, 4.69) is 5.32 Å². The SMILES string of the molecule is CC(C)(C)OC(=O)N[C@@H]1CCC[C@@H](CN)C1.Cl. The molecule has 0 heterocycles. The van der Waals surface area contributed by atoms with Crippen LogP contribution < -0.4 is 11.1 Å². The molecule has 17 heavy (non-hydrogen) atoms. The molecule has 4 nitrogen and oxygen atoms in total. The number of nitrogens with two attached hydrogens (primary N) is 1. The van der Waals surface area contributed by atoms with Gasteiger partial charge in [-0.3, -0.25) is 0 Å². The molecule has 1 fully saturated rings. The van der Waals surface area contributed by atoms with Crippen LogP contribution in [0.5, 0.6) is 0 Å². The van der Waals surface area contributed by atoms with E-state index < -0.39 is 5.60 Å². The van der Waals surface area contributed by atoms with Gasteiger partial charge in [-0.1, -0.05) is 6.42 Å². The fourth-order valence-corrected chi connectivity index (χ4v) is 2.11. The van der Waals surface area contributed by atoms with Gasteiger partial charge in [0, 0.05) is 6.04 Å². The molecule has 102 valence electrons. The van der Waals surface area contributed by atoms with Gasteiger partial charge in [0.25, 0.3) is 0 Å². The van der Waals surface area contributed by atoms with Gasteiger partial charge in [-0.25, -0.2) is 4.79 Å². The molecule has 0 bridgehead atoms. The third-order valence-corrected chi connectivity index (χ3v) is 2.84. The van der Waals surface area contributed by atoms with Crippen molar-refractivity contribution in [1.29, 1.82) is 0 Å². The van der Waals surface area contributed by atoms with E-state index in [9.17, 15) is 4.79 Å². The zero-order valence-electron chi connectivity index (χ0n) is 11.0. The fourth-order valence-electron chi connectivity index (χ4n) is 2.11. The van der Waals surface area contributed by atoms with Crippen LogP contribution in [0.1, 0.15) is 46.5 Å². The molecule has 0 radical (unpaired) electrons. The molecule has 1 aliphatic carbocycles. The van der Waals surface area contributed by atoms with Crippen molar-refractivity contribution in [3.05, 3.63) is 0 Å². The molecular formula is C12H25ClN2O2. The summed E-state index contributed by atoms with van der Waals surface area (Å²) in [7, 11) is 0. The number of alkyl carbamates (subject to hydrolysis) is 1. The van der Waals surface area contributed by atoms with Crippen LogP contribution >= 0.6 is 12.4 Å². The van der Waals surface area contributed by atoms with Crippen LogP contribution in [0.25, 0.3) is 0 Å². The second kappa shape index (κ2) is 7.07. The summed E-state index contributed by atoms with van der Waals surface area (Å²) >= 11 is 0. The summed E-state index contributed by atoms with van der Waals surface area (Å²) in [5, 5.41) is 2.92. The first-order valence-corrected chi connectivity index (χ1v) is 6.10. The van der Waals surface area contributed by atoms with Crippen LogP contribution in [-0.2, 0) is 4.74 Å². The lowest BCUT2D eigenvalue weighted by Crippen LogP contribution is -2.42. The quantitative estimate of drug-likeness (QED) is 0.805. The molecule has 0 spiro atoms. The Kier molecular flexibility index (Phi) is 6.87. The molecule has 5 heteroatoms. The van der Waals surface area contributed by atoms with Crippen LogP contribution in [-0.4, -0.2) is 24.3 Å². The molecule has 1 aliphatic rings. The molecule has 0 unspecified atom stereocenters. The standard InChI is InChI=1S/C12H24N2O2.ClH/c1-12(2,3)16-11(15)14-10-6-4-5-9(7-10)8-13;/h9-10H,4-8,13H2,1-3H3,(H,14,15);1H/t9-,10-;/m1./s1. The predicted octanol–water partition coefficient (Wildman–Crippen LogP) is 2.45. The molecule has 1 amide bonds. The van der Waals surface area contributed by atoms with Gasteiger partial charge >= 0.3 is 6.09 Å². The Balaban J connectivity index is 0.00000256. The Bertz CT molecular complexity index is 241. The first-order valence-electron chi connectivity index (χ1n) is 6.10. The number of ether oxygens (including phenoxy) is 1. The largest absolute Gasteiger partial charge is 0.444 e. The van der Waals surface area contributed by atoms with Gasteiger partial charge in [0.2, 0.25) is 0 Å². The van der Waals surface area contributed by atoms with Crippen LogP contribution in [0.3, 0.4) is 0 Å². The highest BCUT2D eigenvalue weighted by Gasteiger charge is 2.24. The van der Waals surface area contributed by atoms with E-state index in [0.29, 0.717) is 12.5 Å². The third-order valence-electron chi connectivity index (χ3n) is 2.84. The predicted molar refractivity (Wildman–Crippen MR) is 71.4 cm³/mol. The van der Waals surface area contributed by atoms with E-state index >= 15 is 0 Å². The number of nitrogens with one attached hydrogen (secondary N) is 1. The minimum Gasteiger partial charge on any atom is -0.444 e. The molecule has 0 aliphatic heterocycles. The van der Waals surface area contributed by atoms with E-state index in [1.165, 1.54) is 6.42 Å². The third kappa shape index (κ3) is 6.74. The molecule has 2 atom stereocenters. The van der Waals surface area contributed by atoms with Crippen molar-refractivity contribution in [3.63, 3.8) is 0 Å². The van der Waals surface area contributed by atoms with Crippen LogP contribution in [0.2, 0.25) is 0 Å². The highest BCUT2D eigenvalue weighted by atomic mass is 35.5. The Hall–Kier alpha value is -0.480. The Morgan fingerprint density at radius 1 is 1.41 bits per heavy atom. The lowest BCUT2D eigenvalue weighted by molar-refractivity contribution is 0.0485. The van der Waals surface area contributed by atoms with Crippen LogP contribution in [0.4, 0.5) is 4.79 Å². The summed E-state index contributed by atoms with van der Waals surface area (Å²) < 4.78 is 5.23. The molecule has 1 rings (SSSR count). The summed E-state index contributed by atoms with van der Waals surface area (Å²) in [6, 6.07) is 0.233. The van der Waals surface area contributed by atoms with Gasteiger partial charge < -0.3 is 15.8 Å². The molecule has 0 aromatic carbocycles. The number of hydrogen-bond donors (Lipinski definition) is 2. The minimum atomic E-state index is -0.425. The Morgan fingerprint density at radius 2 is 2.06 bits per heavy atom. The van der Waals surface area contributed by atoms with Crippen LogP contribution in [0, 0.1) is 5.92 Å². The maximum atomic E-state index is 11.6. The number of carbonyl (C=O) groups excluding carboxylic acids is 1. The number of halogens is 1. The highest BCUT2D eigenvalue weighted by molar-refractivity contribution is 5.85. The van der Waals surface area contributed by atoms with Gasteiger partial charge in [-0.15, -0.1) is 12.4 Å². The van der Waals surface area contributed by atoms with Crippen LogP contribution in [0.15, 0.2) is 0 Å². The maximum absolute atomic E-state index is 11.6. The van der Waals surface area contributed by atoms with Crippen molar-refractivity contribution in [2.45, 2.75) is 58.1 Å². The lowest BCUT2D eigenvalue weighted by atomic mass is 9.86. The van der Waals surface area contributed by atoms with Gasteiger partial charge in [0.05, 0.1) is 0 Å². The van der Waals surface area contributed by atoms with Crippen molar-refractivity contribution in [2.24, 2.45) is 11.7 Å². The molecule has 1 saturated carbocycles. The minimum absolute atomic E-state index is 0. The number of rotatable bonds is 2. The zero-order valence-corrected chi connectivity index (χ0v) is 11.8. The highest BCUT2D eigenvalue weighted by Crippen LogP contribution is 2.23. The maximum Gasteiger partial charge on any atom is 0.407 e. The first kappa shape index (κ1) is 16.5. The van der Waals surface area contributed by atoms with Gasteiger partial charge in [0.15, 0.2) is 0 Å². The van der Waals surface area contributed by atoms with E-state index in [4.69, 9.17) is 10.5 Å². The topological polar surface area (TPSA) is 64.3 Å². The number of amides is 1. The Labute approximate surface area is 110 Å². The van der Waals surface area contributed by atoms with E-state index in [-0.39, 0.29) is 24.5 Å². The summed E-state index contributed by atoms with van der Waals surface area (Å²) in [4.78, 5) is 11.6. The first-order chi connectivity index (χ1) is 7.40. The Morgan fingerprint density at radius 3 is 2.59 bits per heavy atom. The second-order valence-electron chi connectivity index (χ2n) is 5.61. The number of carbonyl (C=O) groups is 1. The van der Waals surface area contributed by atoms with E-state index in [1.807, 2.05) is 20.8 Å². The number of hydrogen-bond acceptors (Lipinski definition) is 3. The van der Waals surface area contributed by atoms with Crippen molar-refractivity contribution < 1.29 is 9.53 Å².